The van der Waals surface area contributed by atoms with Crippen LogP contribution in [0.4, 0.5) is 22.0 Å². The van der Waals surface area contributed by atoms with Crippen LogP contribution in [0, 0.1) is 5.92 Å². The van der Waals surface area contributed by atoms with Crippen LogP contribution in [0.15, 0.2) is 0 Å². The van der Waals surface area contributed by atoms with E-state index in [1.165, 1.54) is 0 Å². The van der Waals surface area contributed by atoms with Crippen LogP contribution >= 0.6 is 0 Å². The van der Waals surface area contributed by atoms with Gasteiger partial charge < -0.3 is 5.11 Å². The second-order valence-electron chi connectivity index (χ2n) is 2.62. The minimum atomic E-state index is -5.69. The highest BCUT2D eigenvalue weighted by Crippen LogP contribution is 2.42. The topological polar surface area (TPSA) is 37.3 Å². The van der Waals surface area contributed by atoms with E-state index in [-0.39, 0.29) is 0 Å². The first-order valence-corrected chi connectivity index (χ1v) is 3.25. The Hall–Kier alpha value is -0.880. The van der Waals surface area contributed by atoms with E-state index in [0.717, 1.165) is 0 Å². The van der Waals surface area contributed by atoms with Crippen molar-refractivity contribution in [2.75, 3.05) is 0 Å². The van der Waals surface area contributed by atoms with Crippen molar-refractivity contribution in [3.63, 3.8) is 0 Å². The van der Waals surface area contributed by atoms with Gasteiger partial charge in [-0.3, -0.25) is 4.79 Å². The summed E-state index contributed by atoms with van der Waals surface area (Å²) in [6, 6.07) is 0. The summed E-state index contributed by atoms with van der Waals surface area (Å²) in [6.07, 6.45) is -6.91. The number of hydrogen-bond acceptors (Lipinski definition) is 1. The zero-order chi connectivity index (χ0) is 10.9. The Balaban J connectivity index is 4.54. The first kappa shape index (κ1) is 12.1. The van der Waals surface area contributed by atoms with Crippen LogP contribution in [0.1, 0.15) is 13.3 Å². The standard InChI is InChI=1S/C6H7F5O2/c1-3(2-4(12)13)5(7,8)6(9,10)11/h3H,2H2,1H3,(H,12,13). The Bertz CT molecular complexity index is 198. The van der Waals surface area contributed by atoms with Gasteiger partial charge in [-0.05, 0) is 0 Å². The summed E-state index contributed by atoms with van der Waals surface area (Å²) in [5, 5.41) is 8.01. The molecule has 7 heteroatoms. The average molecular weight is 206 g/mol. The molecular formula is C6H7F5O2. The summed E-state index contributed by atoms with van der Waals surface area (Å²) in [6.45, 7) is 0.543. The van der Waals surface area contributed by atoms with Crippen LogP contribution in [-0.2, 0) is 4.79 Å². The lowest BCUT2D eigenvalue weighted by molar-refractivity contribution is -0.300. The highest BCUT2D eigenvalue weighted by molar-refractivity contribution is 5.67. The molecule has 0 aromatic rings. The molecular weight excluding hydrogens is 199 g/mol. The SMILES string of the molecule is CC(CC(=O)O)C(F)(F)C(F)(F)F. The van der Waals surface area contributed by atoms with Gasteiger partial charge in [-0.1, -0.05) is 6.92 Å². The fourth-order valence-corrected chi connectivity index (χ4v) is 0.670. The van der Waals surface area contributed by atoms with Crippen LogP contribution in [-0.4, -0.2) is 23.2 Å². The second-order valence-corrected chi connectivity index (χ2v) is 2.62. The van der Waals surface area contributed by atoms with Crippen molar-refractivity contribution in [1.82, 2.24) is 0 Å². The molecule has 0 aliphatic rings. The lowest BCUT2D eigenvalue weighted by Gasteiger charge is -2.24. The molecule has 0 fully saturated rings. The molecule has 2 nitrogen and oxygen atoms in total. The Morgan fingerprint density at radius 1 is 1.31 bits per heavy atom. The maximum absolute atomic E-state index is 12.3. The number of rotatable bonds is 3. The van der Waals surface area contributed by atoms with E-state index in [4.69, 9.17) is 5.11 Å². The smallest absolute Gasteiger partial charge is 0.453 e. The van der Waals surface area contributed by atoms with Crippen LogP contribution in [0.5, 0.6) is 0 Å². The monoisotopic (exact) mass is 206 g/mol. The highest BCUT2D eigenvalue weighted by atomic mass is 19.4. The average Bonchev–Trinajstić information content (AvgIpc) is 1.82. The van der Waals surface area contributed by atoms with E-state index in [1.807, 2.05) is 0 Å². The summed E-state index contributed by atoms with van der Waals surface area (Å²) in [4.78, 5) is 9.88. The molecule has 1 unspecified atom stereocenters. The van der Waals surface area contributed by atoms with Crippen molar-refractivity contribution in [2.24, 2.45) is 5.92 Å². The number of halogens is 5. The van der Waals surface area contributed by atoms with Gasteiger partial charge >= 0.3 is 18.1 Å². The van der Waals surface area contributed by atoms with Crippen LogP contribution in [0.25, 0.3) is 0 Å². The van der Waals surface area contributed by atoms with Crippen molar-refractivity contribution in [2.45, 2.75) is 25.4 Å². The molecule has 0 heterocycles. The van der Waals surface area contributed by atoms with Crippen molar-refractivity contribution in [1.29, 1.82) is 0 Å². The van der Waals surface area contributed by atoms with E-state index in [2.05, 4.69) is 0 Å². The predicted molar refractivity (Wildman–Crippen MR) is 32.4 cm³/mol. The molecule has 1 N–H and O–H groups in total. The van der Waals surface area contributed by atoms with E-state index in [1.54, 1.807) is 0 Å². The van der Waals surface area contributed by atoms with Gasteiger partial charge in [-0.2, -0.15) is 22.0 Å². The number of carboxylic acids is 1. The van der Waals surface area contributed by atoms with Gasteiger partial charge in [0.1, 0.15) is 0 Å². The number of aliphatic carboxylic acids is 1. The lowest BCUT2D eigenvalue weighted by atomic mass is 9.99. The number of hydrogen-bond donors (Lipinski definition) is 1. The fourth-order valence-electron chi connectivity index (χ4n) is 0.670. The van der Waals surface area contributed by atoms with Crippen molar-refractivity contribution in [3.05, 3.63) is 0 Å². The summed E-state index contributed by atoms with van der Waals surface area (Å²) in [5.41, 5.74) is 0. The molecule has 0 rings (SSSR count). The van der Waals surface area contributed by atoms with E-state index < -0.39 is 30.4 Å². The van der Waals surface area contributed by atoms with Crippen molar-refractivity contribution >= 4 is 5.97 Å². The molecule has 0 aromatic heterocycles. The first-order valence-electron chi connectivity index (χ1n) is 3.25. The van der Waals surface area contributed by atoms with Crippen molar-refractivity contribution < 1.29 is 31.9 Å². The first-order chi connectivity index (χ1) is 5.59. The van der Waals surface area contributed by atoms with Crippen LogP contribution < -0.4 is 0 Å². The third kappa shape index (κ3) is 2.82. The Labute approximate surface area is 70.3 Å². The number of carboxylic acid groups (broad SMARTS) is 1. The maximum atomic E-state index is 12.3. The molecule has 0 aliphatic heterocycles. The van der Waals surface area contributed by atoms with Gasteiger partial charge in [0, 0.05) is 5.92 Å². The van der Waals surface area contributed by atoms with Gasteiger partial charge in [0.15, 0.2) is 0 Å². The molecule has 0 radical (unpaired) electrons. The minimum absolute atomic E-state index is 0.543. The fraction of sp³-hybridized carbons (Fsp3) is 0.833. The molecule has 78 valence electrons. The minimum Gasteiger partial charge on any atom is -0.481 e. The molecule has 0 saturated heterocycles. The maximum Gasteiger partial charge on any atom is 0.453 e. The van der Waals surface area contributed by atoms with E-state index in [0.29, 0.717) is 6.92 Å². The molecule has 0 aromatic carbocycles. The van der Waals surface area contributed by atoms with Gasteiger partial charge in [-0.25, -0.2) is 0 Å². The largest absolute Gasteiger partial charge is 0.481 e. The molecule has 0 amide bonds. The van der Waals surface area contributed by atoms with Crippen molar-refractivity contribution in [3.8, 4) is 0 Å². The summed E-state index contributed by atoms with van der Waals surface area (Å²) in [7, 11) is 0. The Morgan fingerprint density at radius 2 is 1.69 bits per heavy atom. The summed E-state index contributed by atoms with van der Waals surface area (Å²) >= 11 is 0. The third-order valence-electron chi connectivity index (χ3n) is 1.48. The molecule has 0 aliphatic carbocycles. The quantitative estimate of drug-likeness (QED) is 0.719. The van der Waals surface area contributed by atoms with Crippen LogP contribution in [0.2, 0.25) is 0 Å². The lowest BCUT2D eigenvalue weighted by Crippen LogP contribution is -2.43. The Kier molecular flexibility index (Phi) is 3.23. The van der Waals surface area contributed by atoms with Gasteiger partial charge in [0.05, 0.1) is 6.42 Å². The molecule has 1 atom stereocenters. The third-order valence-corrected chi connectivity index (χ3v) is 1.48. The highest BCUT2D eigenvalue weighted by Gasteiger charge is 2.60. The molecule has 0 saturated carbocycles. The summed E-state index contributed by atoms with van der Waals surface area (Å²) in [5.74, 6) is -8.90. The number of alkyl halides is 5. The normalized spacial score (nSPS) is 15.5. The van der Waals surface area contributed by atoms with E-state index in [9.17, 15) is 26.7 Å². The zero-order valence-corrected chi connectivity index (χ0v) is 6.53. The zero-order valence-electron chi connectivity index (χ0n) is 6.53. The molecule has 13 heavy (non-hydrogen) atoms. The van der Waals surface area contributed by atoms with Gasteiger partial charge in [0.2, 0.25) is 0 Å². The van der Waals surface area contributed by atoms with Gasteiger partial charge in [0.25, 0.3) is 0 Å². The Morgan fingerprint density at radius 3 is 1.92 bits per heavy atom. The van der Waals surface area contributed by atoms with Crippen LogP contribution in [0.3, 0.4) is 0 Å². The molecule has 0 bridgehead atoms. The van der Waals surface area contributed by atoms with Gasteiger partial charge in [-0.15, -0.1) is 0 Å². The summed E-state index contributed by atoms with van der Waals surface area (Å²) < 4.78 is 59.4. The van der Waals surface area contributed by atoms with E-state index >= 15 is 0 Å². The number of carbonyl (C=O) groups is 1. The predicted octanol–water partition coefficient (Wildman–Crippen LogP) is 2.29. The second kappa shape index (κ2) is 3.47. The molecule has 0 spiro atoms.